The number of hydrogen-bond donors (Lipinski definition) is 0. The van der Waals surface area contributed by atoms with E-state index in [4.69, 9.17) is 4.42 Å². The van der Waals surface area contributed by atoms with Crippen LogP contribution in [-0.2, 0) is 21.7 Å². The Morgan fingerprint density at radius 1 is 0.523 bits per heavy atom. The number of nitrogens with zero attached hydrogens (tertiary/aromatic N) is 2. The number of fused-ring (bicyclic) bond motifs is 7. The summed E-state index contributed by atoms with van der Waals surface area (Å²) in [6, 6.07) is 55.1. The first-order valence-electron chi connectivity index (χ1n) is 23.8. The summed E-state index contributed by atoms with van der Waals surface area (Å²) >= 11 is 0. The van der Waals surface area contributed by atoms with Gasteiger partial charge in [0.2, 0.25) is 0 Å². The van der Waals surface area contributed by atoms with Gasteiger partial charge in [-0.2, -0.15) is 0 Å². The smallest absolute Gasteiger partial charge is 0.297 e. The van der Waals surface area contributed by atoms with E-state index in [1.807, 2.05) is 0 Å². The monoisotopic (exact) mass is 848 g/mol. The Balaban J connectivity index is 1.28. The second kappa shape index (κ2) is 14.4. The maximum atomic E-state index is 7.58. The molecule has 0 bridgehead atoms. The zero-order valence-electron chi connectivity index (χ0n) is 40.2. The van der Waals surface area contributed by atoms with Crippen molar-refractivity contribution in [1.29, 1.82) is 0 Å². The van der Waals surface area contributed by atoms with Crippen LogP contribution in [0, 0.1) is 6.92 Å². The minimum absolute atomic E-state index is 0.0244. The molecule has 3 heterocycles. The van der Waals surface area contributed by atoms with Crippen LogP contribution in [0.1, 0.15) is 110 Å². The van der Waals surface area contributed by atoms with E-state index in [-0.39, 0.29) is 28.4 Å². The summed E-state index contributed by atoms with van der Waals surface area (Å²) in [5.41, 5.74) is 23.1. The van der Waals surface area contributed by atoms with Crippen LogP contribution in [-0.4, -0.2) is 6.71 Å². The van der Waals surface area contributed by atoms with E-state index in [0.717, 1.165) is 35.5 Å². The number of rotatable bonds is 4. The molecule has 0 unspecified atom stereocenters. The van der Waals surface area contributed by atoms with Crippen molar-refractivity contribution in [3.8, 4) is 22.3 Å². The fourth-order valence-corrected chi connectivity index (χ4v) is 11.3. The molecule has 0 saturated heterocycles. The van der Waals surface area contributed by atoms with Crippen molar-refractivity contribution in [2.24, 2.45) is 0 Å². The van der Waals surface area contributed by atoms with Crippen molar-refractivity contribution in [1.82, 2.24) is 0 Å². The average molecular weight is 849 g/mol. The Hall–Kier alpha value is -6.26. The first kappa shape index (κ1) is 41.4. The molecule has 1 aromatic heterocycles. The van der Waals surface area contributed by atoms with E-state index >= 15 is 0 Å². The van der Waals surface area contributed by atoms with Crippen LogP contribution in [0.2, 0.25) is 0 Å². The number of anilines is 6. The largest absolute Gasteiger partial charge is 0.468 e. The molecule has 0 N–H and O–H groups in total. The fraction of sp³-hybridized carbons (Fsp3) is 0.279. The van der Waals surface area contributed by atoms with Gasteiger partial charge in [0.1, 0.15) is 5.58 Å². The Bertz CT molecular complexity index is 3120. The lowest BCUT2D eigenvalue weighted by Crippen LogP contribution is -2.61. The Kier molecular flexibility index (Phi) is 9.16. The maximum absolute atomic E-state index is 7.58. The van der Waals surface area contributed by atoms with Crippen molar-refractivity contribution in [2.75, 3.05) is 9.80 Å². The quantitative estimate of drug-likeness (QED) is 0.165. The van der Waals surface area contributed by atoms with Gasteiger partial charge in [-0.05, 0) is 134 Å². The summed E-state index contributed by atoms with van der Waals surface area (Å²) in [6.45, 7) is 25.7. The van der Waals surface area contributed by atoms with Gasteiger partial charge in [-0.15, -0.1) is 0 Å². The number of furan rings is 1. The summed E-state index contributed by atoms with van der Waals surface area (Å²) in [5, 5.41) is 1.19. The molecule has 324 valence electrons. The SMILES string of the molecule is Cc1cc2c3c(c1)N(c1ccc(C(C)(C)C)cc1)c1c(oc4cc5c(cc14)C(C)(C)CCC5(C)C)B3c1cc(C(C)(C)C)ccc1N2c1c(-c2ccccc2)cccc1-c1ccccc1. The summed E-state index contributed by atoms with van der Waals surface area (Å²) in [5.74, 6) is 0. The van der Waals surface area contributed by atoms with Crippen LogP contribution in [0.4, 0.5) is 34.1 Å². The maximum Gasteiger partial charge on any atom is 0.297 e. The van der Waals surface area contributed by atoms with Crippen molar-refractivity contribution < 1.29 is 4.42 Å². The highest BCUT2D eigenvalue weighted by Crippen LogP contribution is 2.53. The molecule has 0 fully saturated rings. The molecule has 3 nitrogen and oxygen atoms in total. The molecule has 0 amide bonds. The molecule has 0 saturated carbocycles. The highest BCUT2D eigenvalue weighted by Gasteiger charge is 2.48. The van der Waals surface area contributed by atoms with Crippen LogP contribution in [0.25, 0.3) is 33.2 Å². The zero-order chi connectivity index (χ0) is 45.4. The van der Waals surface area contributed by atoms with Crippen LogP contribution in [0.5, 0.6) is 0 Å². The third-order valence-corrected chi connectivity index (χ3v) is 15.1. The molecule has 0 spiro atoms. The minimum atomic E-state index is -0.149. The number of aryl methyl sites for hydroxylation is 1. The molecule has 11 rings (SSSR count). The number of para-hydroxylation sites is 1. The predicted molar refractivity (Wildman–Crippen MR) is 279 cm³/mol. The molecule has 3 aliphatic rings. The number of hydrogen-bond acceptors (Lipinski definition) is 3. The molecule has 2 aliphatic heterocycles. The Morgan fingerprint density at radius 3 is 1.63 bits per heavy atom. The van der Waals surface area contributed by atoms with Gasteiger partial charge in [-0.1, -0.05) is 172 Å². The minimum Gasteiger partial charge on any atom is -0.468 e. The lowest BCUT2D eigenvalue weighted by atomic mass is 9.35. The van der Waals surface area contributed by atoms with Crippen molar-refractivity contribution in [3.05, 3.63) is 173 Å². The molecular weight excluding hydrogens is 787 g/mol. The third kappa shape index (κ3) is 6.53. The Morgan fingerprint density at radius 2 is 1.06 bits per heavy atom. The van der Waals surface area contributed by atoms with Gasteiger partial charge in [-0.3, -0.25) is 0 Å². The lowest BCUT2D eigenvalue weighted by Gasteiger charge is -2.44. The average Bonchev–Trinajstić information content (AvgIpc) is 3.65. The molecule has 1 aliphatic carbocycles. The summed E-state index contributed by atoms with van der Waals surface area (Å²) < 4.78 is 7.58. The summed E-state index contributed by atoms with van der Waals surface area (Å²) in [7, 11) is 0. The van der Waals surface area contributed by atoms with E-state index in [1.54, 1.807) is 0 Å². The van der Waals surface area contributed by atoms with Crippen LogP contribution in [0.3, 0.4) is 0 Å². The first-order chi connectivity index (χ1) is 30.9. The molecule has 0 atom stereocenters. The summed E-state index contributed by atoms with van der Waals surface area (Å²) in [6.07, 6.45) is 2.30. The lowest BCUT2D eigenvalue weighted by molar-refractivity contribution is 0.332. The van der Waals surface area contributed by atoms with Gasteiger partial charge >= 0.3 is 0 Å². The zero-order valence-corrected chi connectivity index (χ0v) is 40.2. The van der Waals surface area contributed by atoms with E-state index in [1.165, 1.54) is 89.1 Å². The van der Waals surface area contributed by atoms with Gasteiger partial charge in [0.05, 0.1) is 17.0 Å². The van der Waals surface area contributed by atoms with Gasteiger partial charge in [0.25, 0.3) is 6.71 Å². The molecule has 65 heavy (non-hydrogen) atoms. The van der Waals surface area contributed by atoms with Gasteiger partial charge < -0.3 is 14.2 Å². The van der Waals surface area contributed by atoms with Crippen LogP contribution < -0.4 is 26.4 Å². The van der Waals surface area contributed by atoms with Gasteiger partial charge in [-0.25, -0.2) is 0 Å². The van der Waals surface area contributed by atoms with Crippen molar-refractivity contribution in [3.63, 3.8) is 0 Å². The van der Waals surface area contributed by atoms with E-state index in [2.05, 4.69) is 232 Å². The standard InChI is InChI=1S/C61H61BN2O/c1-38-33-51-54-52(34-38)64(55-44(39-19-14-12-15-20-39)23-18-24-45(55)40-21-16-13-17-22-40)50-30-27-42(59(5,6)7)35-49(50)62(54)57-56(63(51)43-28-25-41(26-29-43)58(2,3)4)46-36-47-48(37-53(46)65-57)61(10,11)32-31-60(47,8)9/h12-30,33-37H,31-32H2,1-11H3. The normalized spacial score (nSPS) is 16.0. The number of benzene rings is 7. The molecule has 8 aromatic rings. The Labute approximate surface area is 387 Å². The highest BCUT2D eigenvalue weighted by molar-refractivity contribution is 7.00. The molecule has 0 radical (unpaired) electrons. The van der Waals surface area contributed by atoms with Gasteiger partial charge in [0, 0.05) is 39.3 Å². The molecule has 4 heteroatoms. The fourth-order valence-electron chi connectivity index (χ4n) is 11.3. The highest BCUT2D eigenvalue weighted by atomic mass is 16.3. The van der Waals surface area contributed by atoms with Gasteiger partial charge in [0.15, 0.2) is 0 Å². The van der Waals surface area contributed by atoms with E-state index in [9.17, 15) is 0 Å². The second-order valence-corrected chi connectivity index (χ2v) is 22.6. The predicted octanol–water partition coefficient (Wildman–Crippen LogP) is 15.1. The van der Waals surface area contributed by atoms with E-state index < -0.39 is 0 Å². The van der Waals surface area contributed by atoms with Crippen LogP contribution >= 0.6 is 0 Å². The second-order valence-electron chi connectivity index (χ2n) is 22.6. The summed E-state index contributed by atoms with van der Waals surface area (Å²) in [4.78, 5) is 5.16. The van der Waals surface area contributed by atoms with Crippen molar-refractivity contribution >= 4 is 68.4 Å². The first-order valence-corrected chi connectivity index (χ1v) is 23.8. The van der Waals surface area contributed by atoms with Crippen molar-refractivity contribution in [2.45, 2.75) is 111 Å². The third-order valence-electron chi connectivity index (χ3n) is 15.1. The van der Waals surface area contributed by atoms with E-state index in [0.29, 0.717) is 0 Å². The molecule has 7 aromatic carbocycles. The topological polar surface area (TPSA) is 19.6 Å². The van der Waals surface area contributed by atoms with Crippen LogP contribution in [0.15, 0.2) is 150 Å². The molecular formula is C61H61BN2O.